The molecule has 6 nitrogen and oxygen atoms in total. The van der Waals surface area contributed by atoms with E-state index in [1.54, 1.807) is 0 Å². The zero-order valence-corrected chi connectivity index (χ0v) is 21.7. The second-order valence-corrected chi connectivity index (χ2v) is 11.7. The summed E-state index contributed by atoms with van der Waals surface area (Å²) in [5, 5.41) is 4.85. The molecule has 0 unspecified atom stereocenters. The van der Waals surface area contributed by atoms with E-state index < -0.39 is 56.5 Å². The van der Waals surface area contributed by atoms with Crippen molar-refractivity contribution >= 4 is 27.3 Å². The van der Waals surface area contributed by atoms with Crippen molar-refractivity contribution in [1.29, 1.82) is 0 Å². The molecule has 14 heteroatoms. The van der Waals surface area contributed by atoms with Crippen LogP contribution in [-0.4, -0.2) is 50.1 Å². The van der Waals surface area contributed by atoms with Crippen molar-refractivity contribution in [3.8, 4) is 0 Å². The van der Waals surface area contributed by atoms with Crippen LogP contribution in [0, 0.1) is 13.8 Å². The van der Waals surface area contributed by atoms with E-state index in [2.05, 4.69) is 10.6 Å². The summed E-state index contributed by atoms with van der Waals surface area (Å²) in [6.45, 7) is 5.50. The third-order valence-electron chi connectivity index (χ3n) is 5.47. The van der Waals surface area contributed by atoms with Gasteiger partial charge >= 0.3 is 18.0 Å². The van der Waals surface area contributed by atoms with Gasteiger partial charge in [0.25, 0.3) is 11.8 Å². The maximum Gasteiger partial charge on any atom is 0.435 e. The van der Waals surface area contributed by atoms with E-state index >= 15 is 0 Å². The van der Waals surface area contributed by atoms with Gasteiger partial charge in [-0.05, 0) is 51.0 Å². The van der Waals surface area contributed by atoms with Crippen LogP contribution in [0.5, 0.6) is 0 Å². The number of hydrogen-bond acceptors (Lipinski definition) is 4. The fraction of sp³-hybridized carbons (Fsp3) is 0.417. The van der Waals surface area contributed by atoms with E-state index in [4.69, 9.17) is 0 Å². The molecule has 0 aromatic heterocycles. The summed E-state index contributed by atoms with van der Waals surface area (Å²) in [7, 11) is -3.49. The molecule has 0 aliphatic heterocycles. The third kappa shape index (κ3) is 6.63. The van der Waals surface area contributed by atoms with E-state index in [-0.39, 0.29) is 28.4 Å². The second kappa shape index (κ2) is 10.2. The van der Waals surface area contributed by atoms with Gasteiger partial charge < -0.3 is 10.6 Å². The highest BCUT2D eigenvalue weighted by atomic mass is 32.2. The SMILES string of the molecule is Cc1cc(C(F)(C(F)(F)F)C(F)(F)F)ccc1NC(=O)c1cccc(C)c1C(=O)NC(C)(C)CS(C)(=O)=O. The molecule has 0 aliphatic rings. The van der Waals surface area contributed by atoms with Crippen molar-refractivity contribution in [3.63, 3.8) is 0 Å². The van der Waals surface area contributed by atoms with Gasteiger partial charge in [-0.3, -0.25) is 9.59 Å². The predicted octanol–water partition coefficient (Wildman–Crippen LogP) is 5.40. The third-order valence-corrected chi connectivity index (χ3v) is 6.72. The van der Waals surface area contributed by atoms with Gasteiger partial charge in [-0.15, -0.1) is 0 Å². The Hall–Kier alpha value is -3.16. The standard InChI is InChI=1S/C24H25F7N2O4S/c1-13-7-6-8-16(18(13)20(35)33-21(3,4)12-38(5,36)37)19(34)32-17-10-9-15(11-14(17)2)22(25,23(26,27)28)24(29,30)31/h6-11H,12H2,1-5H3,(H,32,34)(H,33,35). The van der Waals surface area contributed by atoms with Crippen LogP contribution in [-0.2, 0) is 15.5 Å². The zero-order valence-electron chi connectivity index (χ0n) is 20.9. The largest absolute Gasteiger partial charge is 0.435 e. The molecule has 0 fully saturated rings. The minimum absolute atomic E-state index is 0.127. The molecule has 0 saturated heterocycles. The van der Waals surface area contributed by atoms with Gasteiger partial charge in [0.2, 0.25) is 0 Å². The molecule has 2 aromatic carbocycles. The summed E-state index contributed by atoms with van der Waals surface area (Å²) in [5.74, 6) is -2.13. The van der Waals surface area contributed by atoms with Gasteiger partial charge in [-0.2, -0.15) is 26.3 Å². The van der Waals surface area contributed by atoms with Gasteiger partial charge in [0.15, 0.2) is 0 Å². The first-order chi connectivity index (χ1) is 17.0. The highest BCUT2D eigenvalue weighted by Crippen LogP contribution is 2.53. The lowest BCUT2D eigenvalue weighted by Gasteiger charge is -2.30. The molecule has 210 valence electrons. The Morgan fingerprint density at radius 3 is 1.87 bits per heavy atom. The maximum absolute atomic E-state index is 14.4. The van der Waals surface area contributed by atoms with Gasteiger partial charge in [-0.25, -0.2) is 12.8 Å². The molecule has 2 amide bonds. The number of halogens is 7. The Labute approximate surface area is 214 Å². The first-order valence-electron chi connectivity index (χ1n) is 10.8. The number of hydrogen-bond donors (Lipinski definition) is 2. The summed E-state index contributed by atoms with van der Waals surface area (Å²) >= 11 is 0. The molecule has 0 heterocycles. The maximum atomic E-state index is 14.4. The first-order valence-corrected chi connectivity index (χ1v) is 12.9. The fourth-order valence-corrected chi connectivity index (χ4v) is 5.30. The van der Waals surface area contributed by atoms with Crippen LogP contribution in [0.4, 0.5) is 36.4 Å². The number of carbonyl (C=O) groups is 2. The number of sulfone groups is 1. The van der Waals surface area contributed by atoms with E-state index in [1.165, 1.54) is 39.0 Å². The summed E-state index contributed by atoms with van der Waals surface area (Å²) in [5.41, 5.74) is -9.09. The number of aryl methyl sites for hydroxylation is 2. The molecule has 2 aromatic rings. The average Bonchev–Trinajstić information content (AvgIpc) is 2.70. The topological polar surface area (TPSA) is 92.3 Å². The molecule has 0 spiro atoms. The number of anilines is 1. The summed E-state index contributed by atoms with van der Waals surface area (Å²) in [6.07, 6.45) is -11.6. The van der Waals surface area contributed by atoms with Gasteiger partial charge in [0.1, 0.15) is 9.84 Å². The molecule has 0 aliphatic carbocycles. The van der Waals surface area contributed by atoms with E-state index in [0.717, 1.165) is 13.2 Å². The van der Waals surface area contributed by atoms with Gasteiger partial charge in [-0.1, -0.05) is 24.3 Å². The van der Waals surface area contributed by atoms with Crippen molar-refractivity contribution in [2.75, 3.05) is 17.3 Å². The van der Waals surface area contributed by atoms with Crippen molar-refractivity contribution < 1.29 is 48.7 Å². The average molecular weight is 571 g/mol. The lowest BCUT2D eigenvalue weighted by atomic mass is 9.92. The number of carbonyl (C=O) groups excluding carboxylic acids is 2. The van der Waals surface area contributed by atoms with Crippen LogP contribution >= 0.6 is 0 Å². The monoisotopic (exact) mass is 570 g/mol. The van der Waals surface area contributed by atoms with Crippen molar-refractivity contribution in [2.24, 2.45) is 0 Å². The molecule has 38 heavy (non-hydrogen) atoms. The molecule has 0 atom stereocenters. The lowest BCUT2D eigenvalue weighted by molar-refractivity contribution is -0.348. The smallest absolute Gasteiger partial charge is 0.346 e. The molecular weight excluding hydrogens is 545 g/mol. The highest BCUT2D eigenvalue weighted by molar-refractivity contribution is 7.90. The summed E-state index contributed by atoms with van der Waals surface area (Å²) in [4.78, 5) is 26.0. The Bertz CT molecular complexity index is 1340. The van der Waals surface area contributed by atoms with Crippen LogP contribution in [0.1, 0.15) is 51.3 Å². The number of nitrogens with one attached hydrogen (secondary N) is 2. The second-order valence-electron chi connectivity index (χ2n) is 9.54. The molecule has 0 saturated carbocycles. The normalized spacial score (nSPS) is 13.3. The fourth-order valence-electron chi connectivity index (χ4n) is 3.92. The Morgan fingerprint density at radius 2 is 1.39 bits per heavy atom. The van der Waals surface area contributed by atoms with Crippen LogP contribution in [0.15, 0.2) is 36.4 Å². The molecular formula is C24H25F7N2O4S. The van der Waals surface area contributed by atoms with Crippen LogP contribution in [0.3, 0.4) is 0 Å². The minimum atomic E-state index is -6.29. The van der Waals surface area contributed by atoms with Crippen LogP contribution in [0.25, 0.3) is 0 Å². The Balaban J connectivity index is 2.43. The van der Waals surface area contributed by atoms with E-state index in [9.17, 15) is 48.7 Å². The minimum Gasteiger partial charge on any atom is -0.346 e. The van der Waals surface area contributed by atoms with Crippen molar-refractivity contribution in [2.45, 2.75) is 51.3 Å². The van der Waals surface area contributed by atoms with Crippen molar-refractivity contribution in [3.05, 3.63) is 64.2 Å². The van der Waals surface area contributed by atoms with Gasteiger partial charge in [0, 0.05) is 23.0 Å². The number of rotatable bonds is 7. The quantitative estimate of drug-likeness (QED) is 0.437. The summed E-state index contributed by atoms with van der Waals surface area (Å²) < 4.78 is 116. The van der Waals surface area contributed by atoms with Gasteiger partial charge in [0.05, 0.1) is 16.9 Å². The first kappa shape index (κ1) is 31.1. The highest BCUT2D eigenvalue weighted by Gasteiger charge is 2.73. The molecule has 2 rings (SSSR count). The van der Waals surface area contributed by atoms with Crippen molar-refractivity contribution in [1.82, 2.24) is 5.32 Å². The van der Waals surface area contributed by atoms with E-state index in [0.29, 0.717) is 17.7 Å². The Morgan fingerprint density at radius 1 is 0.842 bits per heavy atom. The lowest BCUT2D eigenvalue weighted by Crippen LogP contribution is -2.50. The van der Waals surface area contributed by atoms with Crippen LogP contribution < -0.4 is 10.6 Å². The van der Waals surface area contributed by atoms with Crippen LogP contribution in [0.2, 0.25) is 0 Å². The summed E-state index contributed by atoms with van der Waals surface area (Å²) in [6, 6.07) is 5.48. The number of benzene rings is 2. The zero-order chi connectivity index (χ0) is 29.5. The van der Waals surface area contributed by atoms with E-state index in [1.807, 2.05) is 0 Å². The number of alkyl halides is 7. The number of amides is 2. The molecule has 2 N–H and O–H groups in total. The molecule has 0 radical (unpaired) electrons. The Kier molecular flexibility index (Phi) is 8.33. The molecule has 0 bridgehead atoms. The predicted molar refractivity (Wildman–Crippen MR) is 126 cm³/mol.